The highest BCUT2D eigenvalue weighted by Crippen LogP contribution is 2.26. The molecule has 0 saturated heterocycles. The fraction of sp³-hybridized carbons (Fsp3) is 0.130. The molecule has 0 aliphatic heterocycles. The summed E-state index contributed by atoms with van der Waals surface area (Å²) in [4.78, 5) is 41.1. The van der Waals surface area contributed by atoms with Crippen LogP contribution in [0.2, 0.25) is 0 Å². The van der Waals surface area contributed by atoms with Crippen molar-refractivity contribution >= 4 is 39.3 Å². The van der Waals surface area contributed by atoms with Crippen LogP contribution < -0.4 is 15.7 Å². The number of nitrogens with one attached hydrogen (secondary N) is 1. The molecular formula is C23H18N2O6S. The second-order valence-corrected chi connectivity index (χ2v) is 7.71. The molecule has 0 unspecified atom stereocenters. The van der Waals surface area contributed by atoms with Crippen LogP contribution in [0.4, 0.5) is 5.13 Å². The maximum absolute atomic E-state index is 12.3. The first-order valence-electron chi connectivity index (χ1n) is 9.55. The number of fused-ring (bicyclic) bond motifs is 1. The first-order chi connectivity index (χ1) is 15.4. The maximum Gasteiger partial charge on any atom is 0.351 e. The van der Waals surface area contributed by atoms with Crippen molar-refractivity contribution in [3.8, 4) is 17.0 Å². The standard InChI is InChI=1S/C23H18N2O6S/c1-13-6-8-14(9-7-13)17-12-32-23(24-17)25-19(26)11-30-21(27)16-10-15-4-3-5-18(29-2)20(15)31-22(16)28/h3-10,12H,11H2,1-2H3,(H,24,25,26). The topological polar surface area (TPSA) is 108 Å². The van der Waals surface area contributed by atoms with Gasteiger partial charge in [-0.25, -0.2) is 14.6 Å². The molecule has 1 N–H and O–H groups in total. The number of esters is 1. The van der Waals surface area contributed by atoms with E-state index in [1.165, 1.54) is 24.5 Å². The Bertz CT molecular complexity index is 1360. The first-order valence-corrected chi connectivity index (χ1v) is 10.4. The molecule has 0 bridgehead atoms. The molecule has 162 valence electrons. The lowest BCUT2D eigenvalue weighted by Crippen LogP contribution is -2.23. The van der Waals surface area contributed by atoms with E-state index in [4.69, 9.17) is 13.9 Å². The Morgan fingerprint density at radius 3 is 2.69 bits per heavy atom. The molecule has 0 fully saturated rings. The number of aryl methyl sites for hydroxylation is 1. The molecule has 0 aliphatic carbocycles. The number of para-hydroxylation sites is 1. The van der Waals surface area contributed by atoms with Crippen LogP contribution in [0.3, 0.4) is 0 Å². The van der Waals surface area contributed by atoms with Gasteiger partial charge in [0.1, 0.15) is 5.56 Å². The number of carbonyl (C=O) groups is 2. The van der Waals surface area contributed by atoms with E-state index in [-0.39, 0.29) is 11.1 Å². The Labute approximate surface area is 186 Å². The van der Waals surface area contributed by atoms with Crippen LogP contribution >= 0.6 is 11.3 Å². The Hall–Kier alpha value is -3.98. The number of rotatable bonds is 6. The van der Waals surface area contributed by atoms with Gasteiger partial charge in [-0.3, -0.25) is 10.1 Å². The van der Waals surface area contributed by atoms with Crippen molar-refractivity contribution in [2.45, 2.75) is 6.92 Å². The number of hydrogen-bond donors (Lipinski definition) is 1. The lowest BCUT2D eigenvalue weighted by molar-refractivity contribution is -0.119. The van der Waals surface area contributed by atoms with Gasteiger partial charge < -0.3 is 13.9 Å². The Morgan fingerprint density at radius 1 is 1.16 bits per heavy atom. The van der Waals surface area contributed by atoms with Crippen molar-refractivity contribution in [2.24, 2.45) is 0 Å². The van der Waals surface area contributed by atoms with Gasteiger partial charge in [-0.05, 0) is 19.1 Å². The van der Waals surface area contributed by atoms with Crippen LogP contribution in [0, 0.1) is 6.92 Å². The van der Waals surface area contributed by atoms with Gasteiger partial charge >= 0.3 is 11.6 Å². The van der Waals surface area contributed by atoms with Gasteiger partial charge in [0.05, 0.1) is 12.8 Å². The van der Waals surface area contributed by atoms with E-state index >= 15 is 0 Å². The number of methoxy groups -OCH3 is 1. The summed E-state index contributed by atoms with van der Waals surface area (Å²) in [6, 6.07) is 14.2. The maximum atomic E-state index is 12.3. The second kappa shape index (κ2) is 9.03. The fourth-order valence-corrected chi connectivity index (χ4v) is 3.71. The summed E-state index contributed by atoms with van der Waals surface area (Å²) in [5, 5.41) is 5.27. The van der Waals surface area contributed by atoms with Crippen LogP contribution in [0.25, 0.3) is 22.2 Å². The second-order valence-electron chi connectivity index (χ2n) is 6.85. The molecule has 32 heavy (non-hydrogen) atoms. The zero-order valence-corrected chi connectivity index (χ0v) is 18.0. The summed E-state index contributed by atoms with van der Waals surface area (Å²) in [7, 11) is 1.45. The lowest BCUT2D eigenvalue weighted by atomic mass is 10.1. The highest BCUT2D eigenvalue weighted by Gasteiger charge is 2.18. The largest absolute Gasteiger partial charge is 0.493 e. The van der Waals surface area contributed by atoms with Crippen molar-refractivity contribution in [3.63, 3.8) is 0 Å². The van der Waals surface area contributed by atoms with Crippen LogP contribution in [0.1, 0.15) is 15.9 Å². The molecule has 1 amide bonds. The molecule has 4 rings (SSSR count). The number of nitrogens with zero attached hydrogens (tertiary/aromatic N) is 1. The van der Waals surface area contributed by atoms with Crippen molar-refractivity contribution in [2.75, 3.05) is 19.0 Å². The van der Waals surface area contributed by atoms with Crippen molar-refractivity contribution < 1.29 is 23.5 Å². The SMILES string of the molecule is COc1cccc2cc(C(=O)OCC(=O)Nc3nc(-c4ccc(C)cc4)cs3)c(=O)oc12. The third-order valence-electron chi connectivity index (χ3n) is 4.60. The molecule has 8 nitrogen and oxygen atoms in total. The van der Waals surface area contributed by atoms with E-state index in [1.54, 1.807) is 18.2 Å². The van der Waals surface area contributed by atoms with E-state index in [2.05, 4.69) is 10.3 Å². The number of benzene rings is 2. The molecular weight excluding hydrogens is 432 g/mol. The normalized spacial score (nSPS) is 10.7. The minimum absolute atomic E-state index is 0.224. The van der Waals surface area contributed by atoms with E-state index in [1.807, 2.05) is 36.6 Å². The van der Waals surface area contributed by atoms with Crippen LogP contribution in [0.15, 0.2) is 63.1 Å². The van der Waals surface area contributed by atoms with Crippen LogP contribution in [-0.2, 0) is 9.53 Å². The smallest absolute Gasteiger partial charge is 0.351 e. The van der Waals surface area contributed by atoms with E-state index < -0.39 is 24.1 Å². The molecule has 0 atom stereocenters. The summed E-state index contributed by atoms with van der Waals surface area (Å²) in [6.45, 7) is 1.42. The number of anilines is 1. The number of amides is 1. The first kappa shape index (κ1) is 21.3. The Balaban J connectivity index is 1.40. The van der Waals surface area contributed by atoms with E-state index in [0.717, 1.165) is 16.8 Å². The monoisotopic (exact) mass is 450 g/mol. The van der Waals surface area contributed by atoms with Gasteiger partial charge in [0.2, 0.25) is 0 Å². The predicted molar refractivity (Wildman–Crippen MR) is 120 cm³/mol. The van der Waals surface area contributed by atoms with Gasteiger partial charge in [-0.15, -0.1) is 11.3 Å². The number of aromatic nitrogens is 1. The molecule has 2 aromatic carbocycles. The molecule has 0 radical (unpaired) electrons. The third-order valence-corrected chi connectivity index (χ3v) is 5.35. The van der Waals surface area contributed by atoms with Crippen molar-refractivity contribution in [1.82, 2.24) is 4.98 Å². The van der Waals surface area contributed by atoms with Crippen molar-refractivity contribution in [3.05, 3.63) is 75.5 Å². The summed E-state index contributed by atoms with van der Waals surface area (Å²) in [5.41, 5.74) is 1.83. The number of thiazole rings is 1. The number of hydrogen-bond acceptors (Lipinski definition) is 8. The summed E-state index contributed by atoms with van der Waals surface area (Å²) in [6.07, 6.45) is 0. The molecule has 4 aromatic rings. The lowest BCUT2D eigenvalue weighted by Gasteiger charge is -2.06. The zero-order valence-electron chi connectivity index (χ0n) is 17.2. The highest BCUT2D eigenvalue weighted by atomic mass is 32.1. The summed E-state index contributed by atoms with van der Waals surface area (Å²) < 4.78 is 15.3. The van der Waals surface area contributed by atoms with Crippen molar-refractivity contribution in [1.29, 1.82) is 0 Å². The molecule has 0 aliphatic rings. The number of carbonyl (C=O) groups excluding carboxylic acids is 2. The summed E-state index contributed by atoms with van der Waals surface area (Å²) >= 11 is 1.25. The fourth-order valence-electron chi connectivity index (χ4n) is 2.97. The highest BCUT2D eigenvalue weighted by molar-refractivity contribution is 7.14. The van der Waals surface area contributed by atoms with Gasteiger partial charge in [0, 0.05) is 16.3 Å². The average molecular weight is 450 g/mol. The van der Waals surface area contributed by atoms with Crippen LogP contribution in [0.5, 0.6) is 5.75 Å². The minimum Gasteiger partial charge on any atom is -0.493 e. The molecule has 0 spiro atoms. The summed E-state index contributed by atoms with van der Waals surface area (Å²) in [5.74, 6) is -1.17. The van der Waals surface area contributed by atoms with Gasteiger partial charge in [0.15, 0.2) is 23.1 Å². The van der Waals surface area contributed by atoms with E-state index in [9.17, 15) is 14.4 Å². The molecule has 2 heterocycles. The van der Waals surface area contributed by atoms with Gasteiger partial charge in [0.25, 0.3) is 5.91 Å². The number of ether oxygens (including phenoxy) is 2. The predicted octanol–water partition coefficient (Wildman–Crippen LogP) is 4.03. The quantitative estimate of drug-likeness (QED) is 0.349. The van der Waals surface area contributed by atoms with E-state index in [0.29, 0.717) is 16.3 Å². The van der Waals surface area contributed by atoms with Gasteiger partial charge in [-0.2, -0.15) is 0 Å². The average Bonchev–Trinajstić information content (AvgIpc) is 3.25. The molecule has 2 aromatic heterocycles. The minimum atomic E-state index is -0.960. The third kappa shape index (κ3) is 4.52. The van der Waals surface area contributed by atoms with Crippen LogP contribution in [-0.4, -0.2) is 30.6 Å². The zero-order chi connectivity index (χ0) is 22.7. The van der Waals surface area contributed by atoms with Gasteiger partial charge in [-0.1, -0.05) is 42.0 Å². The molecule has 0 saturated carbocycles. The Kier molecular flexibility index (Phi) is 6.00. The molecule has 9 heteroatoms. The Morgan fingerprint density at radius 2 is 1.94 bits per heavy atom.